The van der Waals surface area contributed by atoms with Crippen molar-refractivity contribution in [1.29, 1.82) is 0 Å². The van der Waals surface area contributed by atoms with E-state index >= 15 is 0 Å². The molecule has 1 heterocycles. The maximum atomic E-state index is 12.5. The van der Waals surface area contributed by atoms with E-state index in [4.69, 9.17) is 16.3 Å². The summed E-state index contributed by atoms with van der Waals surface area (Å²) in [6.45, 7) is 3.44. The van der Waals surface area contributed by atoms with Crippen molar-refractivity contribution in [2.45, 2.75) is 18.7 Å². The molecule has 1 N–H and O–H groups in total. The van der Waals surface area contributed by atoms with E-state index in [1.165, 1.54) is 19.4 Å². The Morgan fingerprint density at radius 3 is 2.33 bits per heavy atom. The molecule has 0 saturated heterocycles. The molecule has 0 saturated carbocycles. The highest BCUT2D eigenvalue weighted by atomic mass is 35.5. The number of halogens is 1. The van der Waals surface area contributed by atoms with Gasteiger partial charge in [0.05, 0.1) is 12.0 Å². The Labute approximate surface area is 129 Å². The van der Waals surface area contributed by atoms with Crippen LogP contribution in [0, 0.1) is 13.8 Å². The number of ether oxygens (including phenoxy) is 1. The molecule has 112 valence electrons. The number of hydrogen-bond donors (Lipinski definition) is 1. The summed E-state index contributed by atoms with van der Waals surface area (Å²) in [6.07, 6.45) is 1.44. The number of sulfonamides is 1. The summed E-state index contributed by atoms with van der Waals surface area (Å²) < 4.78 is 32.6. The van der Waals surface area contributed by atoms with E-state index in [1.807, 2.05) is 0 Å². The maximum Gasteiger partial charge on any atom is 0.263 e. The molecule has 0 amide bonds. The highest BCUT2D eigenvalue weighted by Crippen LogP contribution is 2.27. The van der Waals surface area contributed by atoms with E-state index in [2.05, 4.69) is 9.71 Å². The molecule has 7 heteroatoms. The van der Waals surface area contributed by atoms with Crippen LogP contribution in [0.2, 0.25) is 5.02 Å². The summed E-state index contributed by atoms with van der Waals surface area (Å²) >= 11 is 5.83. The molecule has 0 atom stereocenters. The lowest BCUT2D eigenvalue weighted by Crippen LogP contribution is -2.16. The Kier molecular flexibility index (Phi) is 4.39. The van der Waals surface area contributed by atoms with Crippen molar-refractivity contribution in [2.75, 3.05) is 11.8 Å². The molecule has 1 aromatic carbocycles. The van der Waals surface area contributed by atoms with Gasteiger partial charge in [0.25, 0.3) is 10.0 Å². The predicted octanol–water partition coefficient (Wildman–Crippen LogP) is 3.16. The first kappa shape index (κ1) is 15.6. The summed E-state index contributed by atoms with van der Waals surface area (Å²) in [6, 6.07) is 6.37. The Bertz CT molecular complexity index is 753. The van der Waals surface area contributed by atoms with Crippen LogP contribution < -0.4 is 9.46 Å². The highest BCUT2D eigenvalue weighted by Gasteiger charge is 2.21. The number of benzene rings is 1. The lowest BCUT2D eigenvalue weighted by atomic mass is 10.1. The van der Waals surface area contributed by atoms with Gasteiger partial charge in [-0.25, -0.2) is 13.4 Å². The van der Waals surface area contributed by atoms with Crippen LogP contribution in [-0.4, -0.2) is 20.5 Å². The third-order valence-corrected chi connectivity index (χ3v) is 4.79. The van der Waals surface area contributed by atoms with Crippen LogP contribution in [0.4, 0.5) is 5.82 Å². The predicted molar refractivity (Wildman–Crippen MR) is 82.5 cm³/mol. The molecule has 21 heavy (non-hydrogen) atoms. The molecular weight excluding hydrogens is 312 g/mol. The van der Waals surface area contributed by atoms with Gasteiger partial charge in [-0.2, -0.15) is 0 Å². The fourth-order valence-corrected chi connectivity index (χ4v) is 3.72. The second-order valence-electron chi connectivity index (χ2n) is 4.56. The number of rotatable bonds is 4. The monoisotopic (exact) mass is 326 g/mol. The van der Waals surface area contributed by atoms with Crippen molar-refractivity contribution in [3.63, 3.8) is 0 Å². The fourth-order valence-electron chi connectivity index (χ4n) is 2.10. The molecule has 1 aromatic heterocycles. The van der Waals surface area contributed by atoms with Crippen molar-refractivity contribution < 1.29 is 13.2 Å². The van der Waals surface area contributed by atoms with Crippen molar-refractivity contribution >= 4 is 27.4 Å². The van der Waals surface area contributed by atoms with Gasteiger partial charge >= 0.3 is 0 Å². The van der Waals surface area contributed by atoms with E-state index in [9.17, 15) is 8.42 Å². The molecule has 2 rings (SSSR count). The summed E-state index contributed by atoms with van der Waals surface area (Å²) in [5, 5.41) is 0.408. The van der Waals surface area contributed by atoms with Crippen molar-refractivity contribution in [3.05, 3.63) is 46.6 Å². The number of nitrogens with one attached hydrogen (secondary N) is 1. The average molecular weight is 327 g/mol. The molecule has 0 unspecified atom stereocenters. The number of aryl methyl sites for hydroxylation is 2. The van der Waals surface area contributed by atoms with Crippen molar-refractivity contribution in [3.8, 4) is 5.75 Å². The summed E-state index contributed by atoms with van der Waals surface area (Å²) in [5.41, 5.74) is 1.20. The number of methoxy groups -OCH3 is 1. The van der Waals surface area contributed by atoms with Crippen LogP contribution in [0.5, 0.6) is 5.75 Å². The largest absolute Gasteiger partial charge is 0.497 e. The van der Waals surface area contributed by atoms with Gasteiger partial charge in [-0.15, -0.1) is 0 Å². The minimum absolute atomic E-state index is 0.178. The highest BCUT2D eigenvalue weighted by molar-refractivity contribution is 7.92. The minimum Gasteiger partial charge on any atom is -0.497 e. The van der Waals surface area contributed by atoms with E-state index in [0.717, 1.165) is 0 Å². The first-order valence-electron chi connectivity index (χ1n) is 6.13. The number of nitrogens with zero attached hydrogens (tertiary/aromatic N) is 1. The fraction of sp³-hybridized carbons (Fsp3) is 0.214. The zero-order valence-corrected chi connectivity index (χ0v) is 13.4. The zero-order chi connectivity index (χ0) is 15.6. The SMILES string of the molecule is COc1cc(C)c(S(=O)(=O)Nc2cc(Cl)ccn2)c(C)c1. The number of aromatic nitrogens is 1. The van der Waals surface area contributed by atoms with Crippen LogP contribution in [0.15, 0.2) is 35.4 Å². The Balaban J connectivity index is 2.45. The minimum atomic E-state index is -3.74. The van der Waals surface area contributed by atoms with Crippen LogP contribution in [-0.2, 0) is 10.0 Å². The zero-order valence-electron chi connectivity index (χ0n) is 11.8. The first-order chi connectivity index (χ1) is 9.83. The maximum absolute atomic E-state index is 12.5. The van der Waals surface area contributed by atoms with Crippen molar-refractivity contribution in [2.24, 2.45) is 0 Å². The van der Waals surface area contributed by atoms with Crippen molar-refractivity contribution in [1.82, 2.24) is 4.98 Å². The number of pyridine rings is 1. The molecular formula is C14H15ClN2O3S. The first-order valence-corrected chi connectivity index (χ1v) is 7.99. The van der Waals surface area contributed by atoms with Crippen LogP contribution in [0.25, 0.3) is 0 Å². The number of hydrogen-bond acceptors (Lipinski definition) is 4. The van der Waals surface area contributed by atoms with E-state index in [-0.39, 0.29) is 10.7 Å². The lowest BCUT2D eigenvalue weighted by molar-refractivity contribution is 0.413. The molecule has 0 spiro atoms. The van der Waals surface area contributed by atoms with Gasteiger partial charge in [0.2, 0.25) is 0 Å². The lowest BCUT2D eigenvalue weighted by Gasteiger charge is -2.14. The molecule has 0 aliphatic heterocycles. The summed E-state index contributed by atoms with van der Waals surface area (Å²) in [4.78, 5) is 4.16. The summed E-state index contributed by atoms with van der Waals surface area (Å²) in [5.74, 6) is 0.793. The quantitative estimate of drug-likeness (QED) is 0.937. The van der Waals surface area contributed by atoms with Crippen LogP contribution in [0.1, 0.15) is 11.1 Å². The Morgan fingerprint density at radius 2 is 1.81 bits per heavy atom. The van der Waals surface area contributed by atoms with Gasteiger partial charge < -0.3 is 4.74 Å². The van der Waals surface area contributed by atoms with E-state index < -0.39 is 10.0 Å². The normalized spacial score (nSPS) is 11.2. The smallest absolute Gasteiger partial charge is 0.263 e. The topological polar surface area (TPSA) is 68.3 Å². The Hall–Kier alpha value is -1.79. The van der Waals surface area contributed by atoms with Gasteiger partial charge in [0.1, 0.15) is 11.6 Å². The average Bonchev–Trinajstić information content (AvgIpc) is 2.36. The molecule has 0 bridgehead atoms. The van der Waals surface area contributed by atoms with Crippen LogP contribution in [0.3, 0.4) is 0 Å². The van der Waals surface area contributed by atoms with Gasteiger partial charge in [-0.1, -0.05) is 11.6 Å². The Morgan fingerprint density at radius 1 is 1.19 bits per heavy atom. The van der Waals surface area contributed by atoms with Gasteiger partial charge in [0, 0.05) is 17.3 Å². The third-order valence-electron chi connectivity index (χ3n) is 2.90. The van der Waals surface area contributed by atoms with Gasteiger partial charge in [-0.3, -0.25) is 4.72 Å². The molecule has 0 fully saturated rings. The second-order valence-corrected chi connectivity index (χ2v) is 6.61. The number of anilines is 1. The third kappa shape index (κ3) is 3.46. The molecule has 0 radical (unpaired) electrons. The van der Waals surface area contributed by atoms with Gasteiger partial charge in [-0.05, 0) is 43.2 Å². The van der Waals surface area contributed by atoms with E-state index in [0.29, 0.717) is 21.9 Å². The van der Waals surface area contributed by atoms with Crippen LogP contribution >= 0.6 is 11.6 Å². The molecule has 2 aromatic rings. The second kappa shape index (κ2) is 5.91. The van der Waals surface area contributed by atoms with Gasteiger partial charge in [0.15, 0.2) is 0 Å². The standard InChI is InChI=1S/C14H15ClN2O3S/c1-9-6-12(20-3)7-10(2)14(9)21(18,19)17-13-8-11(15)4-5-16-13/h4-8H,1-3H3,(H,16,17). The molecule has 5 nitrogen and oxygen atoms in total. The molecule has 0 aliphatic carbocycles. The van der Waals surface area contributed by atoms with E-state index in [1.54, 1.807) is 32.0 Å². The summed E-state index contributed by atoms with van der Waals surface area (Å²) in [7, 11) is -2.20. The molecule has 0 aliphatic rings.